The van der Waals surface area contributed by atoms with Crippen LogP contribution in [0.2, 0.25) is 0 Å². The van der Waals surface area contributed by atoms with E-state index in [1.807, 2.05) is 6.07 Å². The van der Waals surface area contributed by atoms with E-state index in [-0.39, 0.29) is 0 Å². The molecule has 4 heteroatoms. The van der Waals surface area contributed by atoms with Crippen molar-refractivity contribution < 1.29 is 4.74 Å². The Morgan fingerprint density at radius 1 is 0.811 bits per heavy atom. The predicted octanol–water partition coefficient (Wildman–Crippen LogP) is 7.71. The molecule has 0 atom stereocenters. The van der Waals surface area contributed by atoms with E-state index >= 15 is 0 Å². The Kier molecular flexibility index (Phi) is 7.97. The highest BCUT2D eigenvalue weighted by Crippen LogP contribution is 2.25. The number of benzene rings is 4. The average molecular weight is 490 g/mol. The number of aromatic nitrogens is 2. The number of rotatable bonds is 11. The SMILES string of the molecule is CCCCn1c(CN(Cc2cccc(OC)c2)Cc2cccc3ccccc23)cnc1-c1ccccc1. The fourth-order valence-electron chi connectivity index (χ4n) is 5.02. The van der Waals surface area contributed by atoms with E-state index in [4.69, 9.17) is 9.72 Å². The first-order valence-corrected chi connectivity index (χ1v) is 13.2. The molecule has 0 aliphatic rings. The number of unbranched alkanes of at least 4 members (excludes halogenated alkanes) is 1. The normalized spacial score (nSPS) is 11.3. The van der Waals surface area contributed by atoms with Crippen LogP contribution >= 0.6 is 0 Å². The van der Waals surface area contributed by atoms with Gasteiger partial charge in [0, 0.05) is 31.7 Å². The molecule has 0 N–H and O–H groups in total. The van der Waals surface area contributed by atoms with Crippen LogP contribution < -0.4 is 4.74 Å². The molecular weight excluding hydrogens is 454 g/mol. The van der Waals surface area contributed by atoms with Gasteiger partial charge in [0.05, 0.1) is 19.0 Å². The maximum absolute atomic E-state index is 5.51. The summed E-state index contributed by atoms with van der Waals surface area (Å²) in [6.07, 6.45) is 4.34. The highest BCUT2D eigenvalue weighted by atomic mass is 16.5. The second kappa shape index (κ2) is 11.9. The zero-order chi connectivity index (χ0) is 25.5. The van der Waals surface area contributed by atoms with Gasteiger partial charge in [0.1, 0.15) is 11.6 Å². The summed E-state index contributed by atoms with van der Waals surface area (Å²) in [4.78, 5) is 7.42. The highest BCUT2D eigenvalue weighted by molar-refractivity contribution is 5.85. The van der Waals surface area contributed by atoms with Crippen molar-refractivity contribution >= 4 is 10.8 Å². The van der Waals surface area contributed by atoms with E-state index in [2.05, 4.69) is 114 Å². The molecule has 0 aliphatic carbocycles. The molecule has 5 rings (SSSR count). The summed E-state index contributed by atoms with van der Waals surface area (Å²) in [5.74, 6) is 1.94. The molecule has 1 aromatic heterocycles. The summed E-state index contributed by atoms with van der Waals surface area (Å²) in [5, 5.41) is 2.59. The van der Waals surface area contributed by atoms with Crippen LogP contribution in [0.4, 0.5) is 0 Å². The average Bonchev–Trinajstić information content (AvgIpc) is 3.34. The first-order valence-electron chi connectivity index (χ1n) is 13.2. The Hall–Kier alpha value is -3.89. The van der Waals surface area contributed by atoms with Crippen LogP contribution in [0.25, 0.3) is 22.2 Å². The van der Waals surface area contributed by atoms with E-state index in [1.165, 1.54) is 33.2 Å². The maximum atomic E-state index is 5.51. The molecule has 188 valence electrons. The minimum absolute atomic E-state index is 0.810. The van der Waals surface area contributed by atoms with E-state index in [1.54, 1.807) is 7.11 Å². The molecule has 0 bridgehead atoms. The second-order valence-electron chi connectivity index (χ2n) is 9.58. The summed E-state index contributed by atoms with van der Waals surface area (Å²) < 4.78 is 7.93. The molecule has 0 amide bonds. The third kappa shape index (κ3) is 5.92. The molecule has 0 unspecified atom stereocenters. The minimum Gasteiger partial charge on any atom is -0.497 e. The van der Waals surface area contributed by atoms with Crippen LogP contribution in [0, 0.1) is 0 Å². The molecular formula is C33H35N3O. The Morgan fingerprint density at radius 3 is 2.43 bits per heavy atom. The minimum atomic E-state index is 0.810. The lowest BCUT2D eigenvalue weighted by Gasteiger charge is -2.24. The third-order valence-electron chi connectivity index (χ3n) is 6.91. The van der Waals surface area contributed by atoms with Gasteiger partial charge in [0.15, 0.2) is 0 Å². The predicted molar refractivity (Wildman–Crippen MR) is 152 cm³/mol. The van der Waals surface area contributed by atoms with Crippen molar-refractivity contribution in [1.82, 2.24) is 14.5 Å². The van der Waals surface area contributed by atoms with Gasteiger partial charge in [-0.2, -0.15) is 0 Å². The third-order valence-corrected chi connectivity index (χ3v) is 6.91. The lowest BCUT2D eigenvalue weighted by molar-refractivity contribution is 0.241. The zero-order valence-electron chi connectivity index (χ0n) is 21.8. The molecule has 37 heavy (non-hydrogen) atoms. The van der Waals surface area contributed by atoms with Gasteiger partial charge in [0.25, 0.3) is 0 Å². The van der Waals surface area contributed by atoms with Crippen LogP contribution in [0.1, 0.15) is 36.6 Å². The molecule has 0 saturated heterocycles. The number of hydrogen-bond donors (Lipinski definition) is 0. The summed E-state index contributed by atoms with van der Waals surface area (Å²) >= 11 is 0. The van der Waals surface area contributed by atoms with Gasteiger partial charge in [-0.25, -0.2) is 4.98 Å². The van der Waals surface area contributed by atoms with Gasteiger partial charge in [-0.05, 0) is 40.5 Å². The Morgan fingerprint density at radius 2 is 1.59 bits per heavy atom. The molecule has 0 radical (unpaired) electrons. The standard InChI is InChI=1S/C33H35N3O/c1-3-4-20-36-30(22-34-33(36)28-14-6-5-7-15-28)25-35(23-26-12-10-18-31(21-26)37-2)24-29-17-11-16-27-13-8-9-19-32(27)29/h5-19,21-22H,3-4,20,23-25H2,1-2H3. The van der Waals surface area contributed by atoms with Crippen LogP contribution in [0.15, 0.2) is 103 Å². The van der Waals surface area contributed by atoms with Gasteiger partial charge >= 0.3 is 0 Å². The summed E-state index contributed by atoms with van der Waals surface area (Å²) in [6.45, 7) is 5.69. The molecule has 0 spiro atoms. The number of imidazole rings is 1. The molecule has 5 aromatic rings. The van der Waals surface area contributed by atoms with Crippen LogP contribution in [-0.4, -0.2) is 21.6 Å². The first kappa shape index (κ1) is 24.8. The Labute approximate surface area is 220 Å². The van der Waals surface area contributed by atoms with Crippen LogP contribution in [-0.2, 0) is 26.2 Å². The highest BCUT2D eigenvalue weighted by Gasteiger charge is 2.17. The molecule has 1 heterocycles. The smallest absolute Gasteiger partial charge is 0.140 e. The molecule has 0 saturated carbocycles. The number of methoxy groups -OCH3 is 1. The molecule has 0 fully saturated rings. The topological polar surface area (TPSA) is 30.3 Å². The molecule has 4 aromatic carbocycles. The number of hydrogen-bond acceptors (Lipinski definition) is 3. The van der Waals surface area contributed by atoms with E-state index in [0.717, 1.165) is 50.6 Å². The summed E-state index contributed by atoms with van der Waals surface area (Å²) in [7, 11) is 1.73. The largest absolute Gasteiger partial charge is 0.497 e. The van der Waals surface area contributed by atoms with Crippen molar-refractivity contribution in [1.29, 1.82) is 0 Å². The van der Waals surface area contributed by atoms with Crippen molar-refractivity contribution in [3.05, 3.63) is 120 Å². The Balaban J connectivity index is 1.50. The van der Waals surface area contributed by atoms with E-state index in [9.17, 15) is 0 Å². The van der Waals surface area contributed by atoms with Gasteiger partial charge in [0.2, 0.25) is 0 Å². The lowest BCUT2D eigenvalue weighted by Crippen LogP contribution is -2.24. The lowest BCUT2D eigenvalue weighted by atomic mass is 10.0. The fraction of sp³-hybridized carbons (Fsp3) is 0.242. The van der Waals surface area contributed by atoms with Crippen molar-refractivity contribution in [3.8, 4) is 17.1 Å². The summed E-state index contributed by atoms with van der Waals surface area (Å²) in [5.41, 5.74) is 4.99. The van der Waals surface area contributed by atoms with Gasteiger partial charge in [-0.1, -0.05) is 98.3 Å². The quantitative estimate of drug-likeness (QED) is 0.190. The number of ether oxygens (including phenoxy) is 1. The van der Waals surface area contributed by atoms with E-state index < -0.39 is 0 Å². The molecule has 4 nitrogen and oxygen atoms in total. The van der Waals surface area contributed by atoms with Gasteiger partial charge in [-0.15, -0.1) is 0 Å². The second-order valence-corrected chi connectivity index (χ2v) is 9.58. The van der Waals surface area contributed by atoms with E-state index in [0.29, 0.717) is 0 Å². The first-order chi connectivity index (χ1) is 18.2. The van der Waals surface area contributed by atoms with Crippen molar-refractivity contribution in [3.63, 3.8) is 0 Å². The monoisotopic (exact) mass is 489 g/mol. The maximum Gasteiger partial charge on any atom is 0.140 e. The summed E-state index contributed by atoms with van der Waals surface area (Å²) in [6, 6.07) is 34.2. The fourth-order valence-corrected chi connectivity index (χ4v) is 5.02. The number of fused-ring (bicyclic) bond motifs is 1. The van der Waals surface area contributed by atoms with Crippen molar-refractivity contribution in [2.75, 3.05) is 7.11 Å². The zero-order valence-corrected chi connectivity index (χ0v) is 21.8. The van der Waals surface area contributed by atoms with Crippen LogP contribution in [0.5, 0.6) is 5.75 Å². The Bertz CT molecular complexity index is 1440. The van der Waals surface area contributed by atoms with Crippen molar-refractivity contribution in [2.45, 2.75) is 45.9 Å². The number of nitrogens with zero attached hydrogens (tertiary/aromatic N) is 3. The van der Waals surface area contributed by atoms with Gasteiger partial charge in [-0.3, -0.25) is 4.90 Å². The van der Waals surface area contributed by atoms with Crippen LogP contribution in [0.3, 0.4) is 0 Å². The van der Waals surface area contributed by atoms with Crippen molar-refractivity contribution in [2.24, 2.45) is 0 Å². The molecule has 0 aliphatic heterocycles. The van der Waals surface area contributed by atoms with Gasteiger partial charge < -0.3 is 9.30 Å².